The summed E-state index contributed by atoms with van der Waals surface area (Å²) < 4.78 is 11.5. The number of amides is 1. The van der Waals surface area contributed by atoms with Gasteiger partial charge in [0.15, 0.2) is 5.03 Å². The molecule has 0 unspecified atom stereocenters. The van der Waals surface area contributed by atoms with Crippen molar-refractivity contribution in [2.24, 2.45) is 0 Å². The van der Waals surface area contributed by atoms with Crippen molar-refractivity contribution in [3.63, 3.8) is 0 Å². The summed E-state index contributed by atoms with van der Waals surface area (Å²) in [4.78, 5) is 22.2. The Bertz CT molecular complexity index is 962. The van der Waals surface area contributed by atoms with Crippen LogP contribution in [0.15, 0.2) is 76.9 Å². The van der Waals surface area contributed by atoms with Crippen molar-refractivity contribution < 1.29 is 14.3 Å². The van der Waals surface area contributed by atoms with Crippen LogP contribution in [0.4, 0.5) is 0 Å². The molecular weight excluding hydrogens is 386 g/mol. The summed E-state index contributed by atoms with van der Waals surface area (Å²) in [5.41, 5.74) is 0.590. The van der Waals surface area contributed by atoms with Crippen molar-refractivity contribution >= 4 is 17.7 Å². The minimum atomic E-state index is -0.127. The second-order valence-electron chi connectivity index (χ2n) is 6.53. The third-order valence-corrected chi connectivity index (χ3v) is 5.49. The molecule has 0 saturated carbocycles. The molecule has 1 aromatic heterocycles. The molecule has 1 amide bonds. The Morgan fingerprint density at radius 3 is 2.72 bits per heavy atom. The van der Waals surface area contributed by atoms with Gasteiger partial charge in [0.05, 0.1) is 11.7 Å². The highest BCUT2D eigenvalue weighted by Gasteiger charge is 2.19. The van der Waals surface area contributed by atoms with Gasteiger partial charge in [0.1, 0.15) is 5.75 Å². The Hall–Kier alpha value is -2.90. The van der Waals surface area contributed by atoms with Gasteiger partial charge in [-0.15, -0.1) is 0 Å². The zero-order valence-electron chi connectivity index (χ0n) is 15.8. The van der Waals surface area contributed by atoms with Gasteiger partial charge in [-0.3, -0.25) is 4.79 Å². The van der Waals surface area contributed by atoms with E-state index in [1.807, 2.05) is 48.5 Å². The van der Waals surface area contributed by atoms with E-state index in [4.69, 9.17) is 9.47 Å². The molecule has 3 aromatic rings. The van der Waals surface area contributed by atoms with Crippen molar-refractivity contribution in [3.8, 4) is 11.6 Å². The van der Waals surface area contributed by atoms with E-state index in [0.29, 0.717) is 28.8 Å². The predicted octanol–water partition coefficient (Wildman–Crippen LogP) is 4.33. The number of ether oxygens (including phenoxy) is 2. The number of nitrogens with one attached hydrogen (secondary N) is 1. The molecule has 0 aliphatic carbocycles. The molecule has 6 nitrogen and oxygen atoms in total. The minimum absolute atomic E-state index is 0.102. The van der Waals surface area contributed by atoms with Crippen LogP contribution in [0.25, 0.3) is 0 Å². The first-order valence-electron chi connectivity index (χ1n) is 9.50. The second-order valence-corrected chi connectivity index (χ2v) is 7.56. The second kappa shape index (κ2) is 9.54. The van der Waals surface area contributed by atoms with E-state index >= 15 is 0 Å². The molecule has 1 atom stereocenters. The summed E-state index contributed by atoms with van der Waals surface area (Å²) in [7, 11) is 0. The first-order chi connectivity index (χ1) is 14.3. The highest BCUT2D eigenvalue weighted by Crippen LogP contribution is 2.35. The highest BCUT2D eigenvalue weighted by molar-refractivity contribution is 7.99. The van der Waals surface area contributed by atoms with Crippen molar-refractivity contribution in [2.75, 3.05) is 13.2 Å². The van der Waals surface area contributed by atoms with Crippen molar-refractivity contribution in [3.05, 3.63) is 72.6 Å². The van der Waals surface area contributed by atoms with E-state index in [-0.39, 0.29) is 12.0 Å². The predicted molar refractivity (Wildman–Crippen MR) is 110 cm³/mol. The molecule has 1 N–H and O–H groups in total. The maximum Gasteiger partial charge on any atom is 0.252 e. The molecule has 1 fully saturated rings. The van der Waals surface area contributed by atoms with Crippen LogP contribution in [0.1, 0.15) is 23.2 Å². The van der Waals surface area contributed by atoms with E-state index in [2.05, 4.69) is 15.3 Å². The quantitative estimate of drug-likeness (QED) is 0.628. The molecule has 7 heteroatoms. The van der Waals surface area contributed by atoms with E-state index in [9.17, 15) is 4.79 Å². The lowest BCUT2D eigenvalue weighted by Gasteiger charge is -2.13. The number of benzene rings is 2. The number of aromatic nitrogens is 2. The van der Waals surface area contributed by atoms with Gasteiger partial charge in [0.2, 0.25) is 0 Å². The molecule has 29 heavy (non-hydrogen) atoms. The van der Waals surface area contributed by atoms with Gasteiger partial charge < -0.3 is 14.8 Å². The first kappa shape index (κ1) is 19.4. The van der Waals surface area contributed by atoms with Crippen LogP contribution in [0, 0.1) is 0 Å². The summed E-state index contributed by atoms with van der Waals surface area (Å²) in [5, 5.41) is 3.57. The van der Waals surface area contributed by atoms with Gasteiger partial charge in [0.25, 0.3) is 11.8 Å². The van der Waals surface area contributed by atoms with E-state index in [0.717, 1.165) is 24.3 Å². The van der Waals surface area contributed by atoms with Crippen LogP contribution < -0.4 is 10.1 Å². The Labute approximate surface area is 173 Å². The summed E-state index contributed by atoms with van der Waals surface area (Å²) in [6.45, 7) is 1.29. The van der Waals surface area contributed by atoms with Crippen LogP contribution >= 0.6 is 11.8 Å². The number of nitrogens with zero attached hydrogens (tertiary/aromatic N) is 2. The van der Waals surface area contributed by atoms with Crippen molar-refractivity contribution in [2.45, 2.75) is 28.9 Å². The number of carbonyl (C=O) groups excluding carboxylic acids is 1. The molecule has 1 saturated heterocycles. The lowest BCUT2D eigenvalue weighted by molar-refractivity contribution is 0.0855. The maximum atomic E-state index is 12.7. The summed E-state index contributed by atoms with van der Waals surface area (Å²) >= 11 is 1.36. The Kier molecular flexibility index (Phi) is 6.38. The van der Waals surface area contributed by atoms with Crippen LogP contribution in [0.3, 0.4) is 0 Å². The fourth-order valence-corrected chi connectivity index (χ4v) is 3.93. The molecule has 148 valence electrons. The van der Waals surface area contributed by atoms with Crippen LogP contribution in [-0.4, -0.2) is 35.1 Å². The van der Waals surface area contributed by atoms with Gasteiger partial charge in [-0.05, 0) is 37.1 Å². The van der Waals surface area contributed by atoms with Gasteiger partial charge in [-0.2, -0.15) is 0 Å². The Morgan fingerprint density at radius 2 is 1.90 bits per heavy atom. The lowest BCUT2D eigenvalue weighted by atomic mass is 10.2. The first-order valence-corrected chi connectivity index (χ1v) is 10.3. The Morgan fingerprint density at radius 1 is 1.10 bits per heavy atom. The highest BCUT2D eigenvalue weighted by atomic mass is 32.2. The number of rotatable bonds is 7. The Balaban J connectivity index is 1.50. The van der Waals surface area contributed by atoms with Gasteiger partial charge >= 0.3 is 0 Å². The SMILES string of the molecule is O=C(NC[C@H]1CCCO1)c1ccccc1Sc1nccnc1Oc1ccccc1. The summed E-state index contributed by atoms with van der Waals surface area (Å²) in [5.74, 6) is 0.953. The lowest BCUT2D eigenvalue weighted by Crippen LogP contribution is -2.32. The van der Waals surface area contributed by atoms with Crippen LogP contribution in [-0.2, 0) is 4.74 Å². The molecule has 1 aliphatic rings. The topological polar surface area (TPSA) is 73.3 Å². The summed E-state index contributed by atoms with van der Waals surface area (Å²) in [6.07, 6.45) is 5.33. The van der Waals surface area contributed by atoms with Crippen molar-refractivity contribution in [1.82, 2.24) is 15.3 Å². The fraction of sp³-hybridized carbons (Fsp3) is 0.227. The van der Waals surface area contributed by atoms with E-state index in [1.165, 1.54) is 11.8 Å². The molecule has 2 aromatic carbocycles. The molecule has 4 rings (SSSR count). The fourth-order valence-electron chi connectivity index (χ4n) is 3.01. The monoisotopic (exact) mass is 407 g/mol. The molecular formula is C22H21N3O3S. The zero-order valence-corrected chi connectivity index (χ0v) is 16.6. The third-order valence-electron chi connectivity index (χ3n) is 4.44. The third kappa shape index (κ3) is 5.13. The van der Waals surface area contributed by atoms with Crippen LogP contribution in [0.2, 0.25) is 0 Å². The molecule has 0 bridgehead atoms. The van der Waals surface area contributed by atoms with Crippen LogP contribution in [0.5, 0.6) is 11.6 Å². The average Bonchev–Trinajstić information content (AvgIpc) is 3.28. The van der Waals surface area contributed by atoms with Gasteiger partial charge in [-0.25, -0.2) is 9.97 Å². The molecule has 0 radical (unpaired) electrons. The largest absolute Gasteiger partial charge is 0.437 e. The standard InChI is InChI=1S/C22H21N3O3S/c26-20(25-15-17-9-6-14-27-17)18-10-4-5-11-19(18)29-22-21(23-12-13-24-22)28-16-7-2-1-3-8-16/h1-5,7-8,10-13,17H,6,9,14-15H2,(H,25,26)/t17-/m1/s1. The van der Waals surface area contributed by atoms with Gasteiger partial charge in [0, 0.05) is 30.4 Å². The summed E-state index contributed by atoms with van der Waals surface area (Å²) in [6, 6.07) is 16.9. The number of hydrogen-bond acceptors (Lipinski definition) is 6. The van der Waals surface area contributed by atoms with E-state index < -0.39 is 0 Å². The maximum absolute atomic E-state index is 12.7. The van der Waals surface area contributed by atoms with E-state index in [1.54, 1.807) is 18.5 Å². The number of para-hydroxylation sites is 1. The molecule has 2 heterocycles. The number of hydrogen-bond donors (Lipinski definition) is 1. The zero-order chi connectivity index (χ0) is 19.9. The van der Waals surface area contributed by atoms with Crippen molar-refractivity contribution in [1.29, 1.82) is 0 Å². The average molecular weight is 407 g/mol. The smallest absolute Gasteiger partial charge is 0.252 e. The molecule has 0 spiro atoms. The van der Waals surface area contributed by atoms with Gasteiger partial charge in [-0.1, -0.05) is 42.1 Å². The normalized spacial score (nSPS) is 15.8. The number of carbonyl (C=O) groups is 1. The minimum Gasteiger partial charge on any atom is -0.437 e. The molecule has 1 aliphatic heterocycles.